The SMILES string of the molecule is COC(=O)c1cc(-c2cc(N3CCOCC3)c3nc(N(C)C)nn3c2)c(C)cc1F. The van der Waals surface area contributed by atoms with Crippen molar-refractivity contribution in [1.82, 2.24) is 14.6 Å². The Morgan fingerprint density at radius 2 is 1.97 bits per heavy atom. The second kappa shape index (κ2) is 7.91. The Hall–Kier alpha value is -3.20. The van der Waals surface area contributed by atoms with Crippen molar-refractivity contribution in [3.63, 3.8) is 0 Å². The van der Waals surface area contributed by atoms with Gasteiger partial charge in [0.25, 0.3) is 0 Å². The first-order valence-electron chi connectivity index (χ1n) is 9.68. The zero-order valence-corrected chi connectivity index (χ0v) is 17.5. The van der Waals surface area contributed by atoms with Crippen LogP contribution < -0.4 is 9.80 Å². The summed E-state index contributed by atoms with van der Waals surface area (Å²) in [6.07, 6.45) is 1.85. The van der Waals surface area contributed by atoms with Crippen molar-refractivity contribution in [2.45, 2.75) is 6.92 Å². The van der Waals surface area contributed by atoms with E-state index in [1.165, 1.54) is 19.2 Å². The molecule has 9 heteroatoms. The minimum atomic E-state index is -0.709. The van der Waals surface area contributed by atoms with Gasteiger partial charge in [0.2, 0.25) is 5.95 Å². The van der Waals surface area contributed by atoms with Crippen molar-refractivity contribution in [2.75, 3.05) is 57.3 Å². The smallest absolute Gasteiger partial charge is 0.340 e. The average molecular weight is 413 g/mol. The van der Waals surface area contributed by atoms with Gasteiger partial charge in [-0.15, -0.1) is 5.10 Å². The first kappa shape index (κ1) is 20.1. The maximum absolute atomic E-state index is 14.3. The lowest BCUT2D eigenvalue weighted by molar-refractivity contribution is 0.0595. The number of fused-ring (bicyclic) bond motifs is 1. The lowest BCUT2D eigenvalue weighted by Crippen LogP contribution is -2.36. The topological polar surface area (TPSA) is 72.2 Å². The van der Waals surface area contributed by atoms with E-state index in [9.17, 15) is 9.18 Å². The van der Waals surface area contributed by atoms with Crippen molar-refractivity contribution in [3.05, 3.63) is 41.3 Å². The summed E-state index contributed by atoms with van der Waals surface area (Å²) >= 11 is 0. The van der Waals surface area contributed by atoms with E-state index in [2.05, 4.69) is 15.0 Å². The summed E-state index contributed by atoms with van der Waals surface area (Å²) in [5.41, 5.74) is 3.80. The van der Waals surface area contributed by atoms with Crippen LogP contribution in [0.5, 0.6) is 0 Å². The van der Waals surface area contributed by atoms with Crippen molar-refractivity contribution in [1.29, 1.82) is 0 Å². The van der Waals surface area contributed by atoms with Gasteiger partial charge in [-0.1, -0.05) is 0 Å². The van der Waals surface area contributed by atoms with Crippen LogP contribution in [-0.4, -0.2) is 68.1 Å². The lowest BCUT2D eigenvalue weighted by atomic mass is 9.98. The molecule has 1 aliphatic heterocycles. The van der Waals surface area contributed by atoms with E-state index in [-0.39, 0.29) is 5.56 Å². The number of anilines is 2. The molecule has 4 rings (SSSR count). The summed E-state index contributed by atoms with van der Waals surface area (Å²) in [6, 6.07) is 4.90. The molecule has 1 aliphatic rings. The number of methoxy groups -OCH3 is 1. The van der Waals surface area contributed by atoms with Crippen molar-refractivity contribution >= 4 is 23.3 Å². The van der Waals surface area contributed by atoms with Gasteiger partial charge in [0.05, 0.1) is 31.6 Å². The predicted molar refractivity (Wildman–Crippen MR) is 112 cm³/mol. The molecule has 0 atom stereocenters. The number of esters is 1. The van der Waals surface area contributed by atoms with E-state index < -0.39 is 11.8 Å². The zero-order chi connectivity index (χ0) is 21.4. The number of carbonyl (C=O) groups excluding carboxylic acids is 1. The average Bonchev–Trinajstić information content (AvgIpc) is 3.18. The number of hydrogen-bond donors (Lipinski definition) is 0. The van der Waals surface area contributed by atoms with Gasteiger partial charge < -0.3 is 19.3 Å². The van der Waals surface area contributed by atoms with Crippen molar-refractivity contribution in [2.24, 2.45) is 0 Å². The van der Waals surface area contributed by atoms with Gasteiger partial charge in [-0.05, 0) is 36.2 Å². The van der Waals surface area contributed by atoms with Gasteiger partial charge in [0, 0.05) is 38.9 Å². The van der Waals surface area contributed by atoms with Gasteiger partial charge in [-0.25, -0.2) is 13.7 Å². The van der Waals surface area contributed by atoms with Gasteiger partial charge in [0.1, 0.15) is 5.82 Å². The third-order valence-electron chi connectivity index (χ3n) is 5.18. The fraction of sp³-hybridized carbons (Fsp3) is 0.381. The first-order valence-corrected chi connectivity index (χ1v) is 9.68. The molecule has 1 aromatic carbocycles. The van der Waals surface area contributed by atoms with Crippen LogP contribution in [0.2, 0.25) is 0 Å². The number of rotatable bonds is 4. The van der Waals surface area contributed by atoms with Gasteiger partial charge in [-0.3, -0.25) is 0 Å². The van der Waals surface area contributed by atoms with E-state index in [0.29, 0.717) is 24.7 Å². The molecule has 0 unspecified atom stereocenters. The Morgan fingerprint density at radius 1 is 1.23 bits per heavy atom. The van der Waals surface area contributed by atoms with Crippen molar-refractivity contribution < 1.29 is 18.7 Å². The monoisotopic (exact) mass is 413 g/mol. The van der Waals surface area contributed by atoms with Crippen LogP contribution >= 0.6 is 0 Å². The van der Waals surface area contributed by atoms with Crippen LogP contribution in [-0.2, 0) is 9.47 Å². The zero-order valence-electron chi connectivity index (χ0n) is 17.5. The Morgan fingerprint density at radius 3 is 2.63 bits per heavy atom. The normalized spacial score (nSPS) is 14.2. The van der Waals surface area contributed by atoms with E-state index >= 15 is 0 Å². The van der Waals surface area contributed by atoms with Gasteiger partial charge in [0.15, 0.2) is 5.65 Å². The van der Waals surface area contributed by atoms with E-state index in [0.717, 1.165) is 35.6 Å². The first-order chi connectivity index (χ1) is 14.4. The summed E-state index contributed by atoms with van der Waals surface area (Å²) in [6.45, 7) is 4.54. The molecule has 0 radical (unpaired) electrons. The minimum absolute atomic E-state index is 0.0984. The standard InChI is InChI=1S/C21H24FN5O3/c1-13-9-17(22)16(20(28)29-4)11-15(13)14-10-18(26-5-7-30-8-6-26)19-23-21(25(2)3)24-27(19)12-14/h9-12H,5-8H2,1-4H3. The number of pyridine rings is 1. The predicted octanol–water partition coefficient (Wildman–Crippen LogP) is 2.53. The largest absolute Gasteiger partial charge is 0.465 e. The molecule has 3 aromatic rings. The summed E-state index contributed by atoms with van der Waals surface area (Å²) in [5, 5.41) is 4.58. The molecule has 8 nitrogen and oxygen atoms in total. The minimum Gasteiger partial charge on any atom is -0.465 e. The fourth-order valence-corrected chi connectivity index (χ4v) is 3.58. The highest BCUT2D eigenvalue weighted by Crippen LogP contribution is 2.32. The number of ether oxygens (including phenoxy) is 2. The quantitative estimate of drug-likeness (QED) is 0.609. The number of hydrogen-bond acceptors (Lipinski definition) is 7. The highest BCUT2D eigenvalue weighted by molar-refractivity contribution is 5.92. The molecule has 0 spiro atoms. The Bertz CT molecular complexity index is 1110. The number of carbonyl (C=O) groups is 1. The lowest BCUT2D eigenvalue weighted by Gasteiger charge is -2.29. The number of halogens is 1. The van der Waals surface area contributed by atoms with Crippen LogP contribution in [0, 0.1) is 12.7 Å². The number of aryl methyl sites for hydroxylation is 1. The summed E-state index contributed by atoms with van der Waals surface area (Å²) in [5.74, 6) is -0.722. The Kier molecular flexibility index (Phi) is 5.29. The maximum atomic E-state index is 14.3. The van der Waals surface area contributed by atoms with Crippen LogP contribution in [0.15, 0.2) is 24.4 Å². The molecule has 0 bridgehead atoms. The molecule has 0 N–H and O–H groups in total. The number of aromatic nitrogens is 3. The van der Waals surface area contributed by atoms with Gasteiger partial charge >= 0.3 is 5.97 Å². The third-order valence-corrected chi connectivity index (χ3v) is 5.18. The van der Waals surface area contributed by atoms with Crippen molar-refractivity contribution in [3.8, 4) is 11.1 Å². The highest BCUT2D eigenvalue weighted by Gasteiger charge is 2.21. The highest BCUT2D eigenvalue weighted by atomic mass is 19.1. The molecule has 1 fully saturated rings. The molecule has 0 amide bonds. The number of nitrogens with zero attached hydrogens (tertiary/aromatic N) is 5. The Labute approximate surface area is 173 Å². The number of morpholine rings is 1. The third kappa shape index (κ3) is 3.56. The van der Waals surface area contributed by atoms with Crippen LogP contribution in [0.1, 0.15) is 15.9 Å². The summed E-state index contributed by atoms with van der Waals surface area (Å²) < 4.78 is 26.3. The molecule has 1 saturated heterocycles. The van der Waals surface area contributed by atoms with E-state index in [4.69, 9.17) is 9.47 Å². The molecule has 2 aromatic heterocycles. The molecule has 30 heavy (non-hydrogen) atoms. The number of benzene rings is 1. The van der Waals surface area contributed by atoms with E-state index in [1.54, 1.807) is 4.52 Å². The van der Waals surface area contributed by atoms with Gasteiger partial charge in [-0.2, -0.15) is 4.98 Å². The molecule has 158 valence electrons. The Balaban J connectivity index is 1.92. The van der Waals surface area contributed by atoms with Crippen LogP contribution in [0.4, 0.5) is 16.0 Å². The second-order valence-corrected chi connectivity index (χ2v) is 7.43. The van der Waals surface area contributed by atoms with E-state index in [1.807, 2.05) is 38.2 Å². The molecular weight excluding hydrogens is 389 g/mol. The van der Waals surface area contributed by atoms with Crippen LogP contribution in [0.3, 0.4) is 0 Å². The summed E-state index contributed by atoms with van der Waals surface area (Å²) in [7, 11) is 5.01. The molecule has 0 aliphatic carbocycles. The summed E-state index contributed by atoms with van der Waals surface area (Å²) in [4.78, 5) is 20.7. The maximum Gasteiger partial charge on any atom is 0.340 e. The molecule has 0 saturated carbocycles. The molecular formula is C21H24FN5O3. The molecule has 3 heterocycles. The fourth-order valence-electron chi connectivity index (χ4n) is 3.58. The van der Waals surface area contributed by atoms with Crippen LogP contribution in [0.25, 0.3) is 16.8 Å². The second-order valence-electron chi connectivity index (χ2n) is 7.43.